The molecule has 4 aliphatic carbocycles. The van der Waals surface area contributed by atoms with E-state index in [-0.39, 0.29) is 0 Å². The molecule has 2 unspecified atom stereocenters. The maximum Gasteiger partial charge on any atom is 0.0657 e. The highest BCUT2D eigenvalue weighted by atomic mass is 16.3. The van der Waals surface area contributed by atoms with Gasteiger partial charge in [0.1, 0.15) is 0 Å². The smallest absolute Gasteiger partial charge is 0.0657 e. The number of allylic oxidation sites excluding steroid dienone is 1. The largest absolute Gasteiger partial charge is 0.390 e. The molecule has 2 N–H and O–H groups in total. The molecule has 29 heavy (non-hydrogen) atoms. The third-order valence-corrected chi connectivity index (χ3v) is 10.4. The van der Waals surface area contributed by atoms with Crippen molar-refractivity contribution in [3.8, 4) is 0 Å². The number of aliphatic hydroxyl groups is 2. The maximum atomic E-state index is 10.7. The van der Waals surface area contributed by atoms with Gasteiger partial charge < -0.3 is 10.2 Å². The predicted octanol–water partition coefficient (Wildman–Crippen LogP) is 6.50. The van der Waals surface area contributed by atoms with E-state index < -0.39 is 11.2 Å². The zero-order valence-electron chi connectivity index (χ0n) is 19.9. The molecule has 0 heterocycles. The quantitative estimate of drug-likeness (QED) is 0.527. The fourth-order valence-electron chi connectivity index (χ4n) is 8.56. The Morgan fingerprint density at radius 1 is 1.07 bits per heavy atom. The van der Waals surface area contributed by atoms with Gasteiger partial charge in [0.2, 0.25) is 0 Å². The molecule has 0 aromatic carbocycles. The third kappa shape index (κ3) is 3.75. The highest BCUT2D eigenvalue weighted by Crippen LogP contribution is 2.67. The van der Waals surface area contributed by atoms with Crippen molar-refractivity contribution in [2.45, 2.75) is 117 Å². The molecule has 0 aromatic heterocycles. The molecule has 2 nitrogen and oxygen atoms in total. The van der Waals surface area contributed by atoms with Gasteiger partial charge in [-0.15, -0.1) is 0 Å². The minimum absolute atomic E-state index is 0.330. The van der Waals surface area contributed by atoms with Gasteiger partial charge >= 0.3 is 0 Å². The summed E-state index contributed by atoms with van der Waals surface area (Å²) in [6, 6.07) is 0. The molecule has 4 aliphatic rings. The zero-order valence-corrected chi connectivity index (χ0v) is 19.9. The van der Waals surface area contributed by atoms with Crippen molar-refractivity contribution in [2.75, 3.05) is 0 Å². The van der Waals surface area contributed by atoms with E-state index in [0.29, 0.717) is 16.7 Å². The van der Waals surface area contributed by atoms with Gasteiger partial charge in [0.05, 0.1) is 11.2 Å². The Kier molecular flexibility index (Phi) is 5.35. The summed E-state index contributed by atoms with van der Waals surface area (Å²) in [5, 5.41) is 20.9. The number of hydrogen-bond donors (Lipinski definition) is 2. The second kappa shape index (κ2) is 7.09. The van der Waals surface area contributed by atoms with E-state index >= 15 is 0 Å². The zero-order chi connectivity index (χ0) is 21.2. The molecule has 4 rings (SSSR count). The van der Waals surface area contributed by atoms with Crippen LogP contribution in [0.5, 0.6) is 0 Å². The van der Waals surface area contributed by atoms with Crippen LogP contribution in [0.25, 0.3) is 0 Å². The standard InChI is InChI=1S/C27H46O2/c1-18(11-13-24(2,3)28)21-9-10-22-20-8-7-19-17-25(4,29)15-16-26(19,5)23(20)12-14-27(21,22)6/h7,18,20-23,28-29H,8-17H2,1-6H3/t18?,20-,21?,22-,23-,25-,26-,27+/m0/s1. The fraction of sp³-hybridized carbons (Fsp3) is 0.926. The summed E-state index contributed by atoms with van der Waals surface area (Å²) in [5.41, 5.74) is 1.37. The van der Waals surface area contributed by atoms with Crippen LogP contribution >= 0.6 is 0 Å². The molecular formula is C27H46O2. The summed E-state index contributed by atoms with van der Waals surface area (Å²) < 4.78 is 0. The monoisotopic (exact) mass is 402 g/mol. The second-order valence-corrected chi connectivity index (χ2v) is 13.0. The van der Waals surface area contributed by atoms with E-state index in [4.69, 9.17) is 0 Å². The molecule has 0 radical (unpaired) electrons. The number of hydrogen-bond acceptors (Lipinski definition) is 2. The molecular weight excluding hydrogens is 356 g/mol. The maximum absolute atomic E-state index is 10.7. The molecule has 8 atom stereocenters. The lowest BCUT2D eigenvalue weighted by Gasteiger charge is -2.59. The Hall–Kier alpha value is -0.340. The predicted molar refractivity (Wildman–Crippen MR) is 121 cm³/mol. The summed E-state index contributed by atoms with van der Waals surface area (Å²) in [5.74, 6) is 4.07. The molecule has 0 aliphatic heterocycles. The van der Waals surface area contributed by atoms with Crippen LogP contribution in [-0.4, -0.2) is 21.4 Å². The van der Waals surface area contributed by atoms with E-state index in [9.17, 15) is 10.2 Å². The second-order valence-electron chi connectivity index (χ2n) is 13.0. The van der Waals surface area contributed by atoms with Crippen molar-refractivity contribution >= 4 is 0 Å². The van der Waals surface area contributed by atoms with Crippen LogP contribution in [0.1, 0.15) is 106 Å². The van der Waals surface area contributed by atoms with E-state index in [2.05, 4.69) is 26.8 Å². The van der Waals surface area contributed by atoms with Crippen LogP contribution in [0.4, 0.5) is 0 Å². The third-order valence-electron chi connectivity index (χ3n) is 10.4. The number of fused-ring (bicyclic) bond motifs is 5. The molecule has 0 aromatic rings. The van der Waals surface area contributed by atoms with Crippen molar-refractivity contribution in [2.24, 2.45) is 40.4 Å². The first-order chi connectivity index (χ1) is 13.4. The molecule has 2 heteroatoms. The van der Waals surface area contributed by atoms with Crippen LogP contribution in [0.2, 0.25) is 0 Å². The Morgan fingerprint density at radius 3 is 2.48 bits per heavy atom. The summed E-state index contributed by atoms with van der Waals surface area (Å²) in [6.07, 6.45) is 14.5. The van der Waals surface area contributed by atoms with Gasteiger partial charge in [-0.1, -0.05) is 32.4 Å². The Bertz CT molecular complexity index is 656. The van der Waals surface area contributed by atoms with E-state index in [1.807, 2.05) is 20.8 Å². The first-order valence-corrected chi connectivity index (χ1v) is 12.5. The highest BCUT2D eigenvalue weighted by molar-refractivity contribution is 5.26. The molecule has 166 valence electrons. The van der Waals surface area contributed by atoms with Crippen molar-refractivity contribution in [1.82, 2.24) is 0 Å². The van der Waals surface area contributed by atoms with Gasteiger partial charge in [-0.25, -0.2) is 0 Å². The van der Waals surface area contributed by atoms with Crippen LogP contribution in [0.3, 0.4) is 0 Å². The summed E-state index contributed by atoms with van der Waals surface area (Å²) >= 11 is 0. The van der Waals surface area contributed by atoms with Crippen molar-refractivity contribution in [1.29, 1.82) is 0 Å². The van der Waals surface area contributed by atoms with Gasteiger partial charge in [0.15, 0.2) is 0 Å². The summed E-state index contributed by atoms with van der Waals surface area (Å²) in [4.78, 5) is 0. The fourth-order valence-corrected chi connectivity index (χ4v) is 8.56. The molecule has 0 saturated heterocycles. The van der Waals surface area contributed by atoms with Gasteiger partial charge in [0, 0.05) is 0 Å². The average molecular weight is 403 g/mol. The van der Waals surface area contributed by atoms with Crippen molar-refractivity contribution in [3.63, 3.8) is 0 Å². The van der Waals surface area contributed by atoms with Crippen LogP contribution in [0.15, 0.2) is 11.6 Å². The van der Waals surface area contributed by atoms with Crippen LogP contribution < -0.4 is 0 Å². The van der Waals surface area contributed by atoms with Crippen LogP contribution in [0, 0.1) is 40.4 Å². The topological polar surface area (TPSA) is 40.5 Å². The van der Waals surface area contributed by atoms with E-state index in [0.717, 1.165) is 49.4 Å². The SMILES string of the molecule is CC(CCC(C)(C)O)C1CC[C@H]2[C@@H]3CC=C4C[C@@](C)(O)CC[C@]4(C)[C@H]3CC[C@]12C. The first-order valence-electron chi connectivity index (χ1n) is 12.5. The van der Waals surface area contributed by atoms with Crippen LogP contribution in [-0.2, 0) is 0 Å². The minimum Gasteiger partial charge on any atom is -0.390 e. The normalized spacial score (nSPS) is 48.3. The minimum atomic E-state index is -0.536. The van der Waals surface area contributed by atoms with Gasteiger partial charge in [-0.3, -0.25) is 0 Å². The Balaban J connectivity index is 1.53. The first kappa shape index (κ1) is 21.9. The van der Waals surface area contributed by atoms with Crippen molar-refractivity contribution < 1.29 is 10.2 Å². The lowest BCUT2D eigenvalue weighted by atomic mass is 9.46. The van der Waals surface area contributed by atoms with E-state index in [1.165, 1.54) is 38.5 Å². The van der Waals surface area contributed by atoms with Gasteiger partial charge in [0.25, 0.3) is 0 Å². The molecule has 3 saturated carbocycles. The highest BCUT2D eigenvalue weighted by Gasteiger charge is 2.59. The molecule has 0 amide bonds. The molecule has 0 spiro atoms. The number of rotatable bonds is 4. The summed E-state index contributed by atoms with van der Waals surface area (Å²) in [7, 11) is 0. The van der Waals surface area contributed by atoms with Crippen molar-refractivity contribution in [3.05, 3.63) is 11.6 Å². The van der Waals surface area contributed by atoms with Gasteiger partial charge in [-0.05, 0) is 125 Å². The Labute approximate surface area is 179 Å². The summed E-state index contributed by atoms with van der Waals surface area (Å²) in [6.45, 7) is 13.6. The Morgan fingerprint density at radius 2 is 1.79 bits per heavy atom. The lowest BCUT2D eigenvalue weighted by Crippen LogP contribution is -2.52. The average Bonchev–Trinajstić information content (AvgIpc) is 2.97. The lowest BCUT2D eigenvalue weighted by molar-refractivity contribution is -0.0713. The van der Waals surface area contributed by atoms with Gasteiger partial charge in [-0.2, -0.15) is 0 Å². The molecule has 0 bridgehead atoms. The molecule has 3 fully saturated rings. The van der Waals surface area contributed by atoms with E-state index in [1.54, 1.807) is 5.57 Å².